The molecule has 4 N–H and O–H groups in total. The van der Waals surface area contributed by atoms with Gasteiger partial charge in [-0.3, -0.25) is 38.8 Å². The predicted octanol–water partition coefficient (Wildman–Crippen LogP) is 9.31. The fraction of sp³-hybridized carbons (Fsp3) is 0.424. The van der Waals surface area contributed by atoms with Crippen molar-refractivity contribution in [2.24, 2.45) is 0 Å². The summed E-state index contributed by atoms with van der Waals surface area (Å²) in [6, 6.07) is 23.2. The fourth-order valence-electron chi connectivity index (χ4n) is 9.70. The molecule has 8 rings (SSSR count). The van der Waals surface area contributed by atoms with Crippen LogP contribution in [-0.2, 0) is 25.6 Å². The highest BCUT2D eigenvalue weighted by Gasteiger charge is 2.45. The van der Waals surface area contributed by atoms with E-state index < -0.39 is 23.8 Å². The highest BCUT2D eigenvalue weighted by atomic mass is 16.5. The Morgan fingerprint density at radius 1 is 0.737 bits per heavy atom. The number of ether oxygens (including phenoxy) is 2. The van der Waals surface area contributed by atoms with Gasteiger partial charge in [-0.05, 0) is 137 Å². The van der Waals surface area contributed by atoms with Crippen molar-refractivity contribution >= 4 is 52.5 Å². The van der Waals surface area contributed by atoms with Crippen LogP contribution in [0.25, 0.3) is 11.3 Å². The average Bonchev–Trinajstić information content (AvgIpc) is 3.68. The smallest absolute Gasteiger partial charge is 0.264 e. The normalized spacial score (nSPS) is 15.9. The number of hydrogen-bond acceptors (Lipinski definition) is 13. The molecule has 3 aliphatic heterocycles. The molecule has 5 heterocycles. The lowest BCUT2D eigenvalue weighted by molar-refractivity contribution is -0.125. The van der Waals surface area contributed by atoms with Crippen LogP contribution < -0.4 is 21.3 Å². The summed E-state index contributed by atoms with van der Waals surface area (Å²) < 4.78 is 11.7. The van der Waals surface area contributed by atoms with Crippen molar-refractivity contribution in [3.05, 3.63) is 138 Å². The van der Waals surface area contributed by atoms with Crippen molar-refractivity contribution in [2.45, 2.75) is 103 Å². The second-order valence-corrected chi connectivity index (χ2v) is 19.8. The number of amides is 5. The van der Waals surface area contributed by atoms with Gasteiger partial charge >= 0.3 is 0 Å². The van der Waals surface area contributed by atoms with Crippen LogP contribution in [0.3, 0.4) is 0 Å². The van der Waals surface area contributed by atoms with Crippen molar-refractivity contribution in [3.8, 4) is 11.3 Å². The SMILES string of the molecule is C=C1CCC(N2C(=O)c3cccc(NC(=O)CCCCCOCCCCCOCCCCCCN4CCN(Cc5ccc(C(=O)Nc6ccc(C)c(Nc7nccc(-c8cccnc8)n7)c6)cc5)CC4)c3C2=O)C(=O)N1. The van der Waals surface area contributed by atoms with Gasteiger partial charge in [-0.2, -0.15) is 0 Å². The van der Waals surface area contributed by atoms with Crippen LogP contribution in [0, 0.1) is 6.92 Å². The number of nitrogens with zero attached hydrogens (tertiary/aromatic N) is 6. The number of hydrogen-bond donors (Lipinski definition) is 4. The molecule has 0 radical (unpaired) electrons. The second-order valence-electron chi connectivity index (χ2n) is 19.8. The Hall–Kier alpha value is -7.18. The van der Waals surface area contributed by atoms with Crippen LogP contribution in [0.4, 0.5) is 23.0 Å². The number of carbonyl (C=O) groups excluding carboxylic acids is 5. The monoisotopic (exact) mass is 1030 g/mol. The summed E-state index contributed by atoms with van der Waals surface area (Å²) in [6.07, 6.45) is 16.4. The van der Waals surface area contributed by atoms with Crippen LogP contribution in [0.15, 0.2) is 110 Å². The van der Waals surface area contributed by atoms with E-state index >= 15 is 0 Å². The zero-order valence-electron chi connectivity index (χ0n) is 43.8. The lowest BCUT2D eigenvalue weighted by Gasteiger charge is -2.34. The molecule has 1 atom stereocenters. The predicted molar refractivity (Wildman–Crippen MR) is 294 cm³/mol. The van der Waals surface area contributed by atoms with Gasteiger partial charge in [-0.1, -0.05) is 50.1 Å². The molecule has 400 valence electrons. The number of aryl methyl sites for hydroxylation is 1. The van der Waals surface area contributed by atoms with Crippen LogP contribution in [0.5, 0.6) is 0 Å². The molecule has 0 bridgehead atoms. The molecule has 76 heavy (non-hydrogen) atoms. The number of fused-ring (bicyclic) bond motifs is 1. The zero-order chi connectivity index (χ0) is 53.1. The first-order valence-corrected chi connectivity index (χ1v) is 27.0. The summed E-state index contributed by atoms with van der Waals surface area (Å²) in [6.45, 7) is 14.9. The Morgan fingerprint density at radius 3 is 2.17 bits per heavy atom. The van der Waals surface area contributed by atoms with E-state index in [1.807, 2.05) is 55.5 Å². The molecule has 0 spiro atoms. The highest BCUT2D eigenvalue weighted by molar-refractivity contribution is 6.25. The first kappa shape index (κ1) is 55.1. The van der Waals surface area contributed by atoms with E-state index in [1.165, 1.54) is 24.8 Å². The third-order valence-corrected chi connectivity index (χ3v) is 14.1. The summed E-state index contributed by atoms with van der Waals surface area (Å²) in [5, 5.41) is 11.8. The molecule has 2 saturated heterocycles. The molecule has 3 aromatic carbocycles. The van der Waals surface area contributed by atoms with Crippen molar-refractivity contribution in [2.75, 3.05) is 75.1 Å². The number of carbonyl (C=O) groups is 5. The molecule has 2 fully saturated rings. The van der Waals surface area contributed by atoms with Gasteiger partial charge in [0.15, 0.2) is 0 Å². The molecular formula is C59H72N10O7. The Labute approximate surface area is 446 Å². The van der Waals surface area contributed by atoms with Crippen molar-refractivity contribution < 1.29 is 33.4 Å². The van der Waals surface area contributed by atoms with Gasteiger partial charge in [0.25, 0.3) is 17.7 Å². The number of pyridine rings is 1. The maximum absolute atomic E-state index is 13.3. The number of benzene rings is 3. The number of rotatable bonds is 28. The van der Waals surface area contributed by atoms with Gasteiger partial charge in [0.2, 0.25) is 17.8 Å². The number of piperazine rings is 1. The minimum Gasteiger partial charge on any atom is -0.381 e. The largest absolute Gasteiger partial charge is 0.381 e. The molecule has 17 heteroatoms. The molecule has 3 aliphatic rings. The maximum atomic E-state index is 13.3. The molecule has 17 nitrogen and oxygen atoms in total. The number of aromatic nitrogens is 3. The molecular weight excluding hydrogens is 961 g/mol. The maximum Gasteiger partial charge on any atom is 0.264 e. The third kappa shape index (κ3) is 15.7. The standard InChI is InChI=1S/C59H72N10O7/c1-42-19-25-47(39-51(42)66-59-61-29-27-49(65-59)46-15-14-28-60-40-46)63-55(71)45-23-21-44(22-24-45)41-68-33-31-67(32-34-68)30-8-3-4-9-35-75-37-11-6-12-38-76-36-10-5-7-18-53(70)64-50-17-13-16-48-54(50)58(74)69(57(48)73)52-26-20-43(2)62-56(52)72/h13-17,19,21-25,27-29,39-40,52H,2-12,18,20,26,30-38,41H2,1H3,(H,62,72)(H,63,71)(H,64,70)(H,61,65,66). The van der Waals surface area contributed by atoms with E-state index in [4.69, 9.17) is 9.47 Å². The van der Waals surface area contributed by atoms with Gasteiger partial charge in [0.05, 0.1) is 22.5 Å². The quantitative estimate of drug-likeness (QED) is 0.0273. The number of imide groups is 1. The van der Waals surface area contributed by atoms with Gasteiger partial charge in [0, 0.05) is 112 Å². The minimum absolute atomic E-state index is 0.132. The third-order valence-electron chi connectivity index (χ3n) is 14.1. The molecule has 2 aromatic heterocycles. The highest BCUT2D eigenvalue weighted by Crippen LogP contribution is 2.33. The summed E-state index contributed by atoms with van der Waals surface area (Å²) in [5.74, 6) is -1.46. The van der Waals surface area contributed by atoms with E-state index in [2.05, 4.69) is 64.7 Å². The van der Waals surface area contributed by atoms with Crippen LogP contribution in [-0.4, -0.2) is 124 Å². The number of nitrogens with one attached hydrogen (secondary N) is 4. The van der Waals surface area contributed by atoms with Gasteiger partial charge < -0.3 is 35.6 Å². The Balaban J connectivity index is 0.594. The zero-order valence-corrected chi connectivity index (χ0v) is 43.8. The van der Waals surface area contributed by atoms with Gasteiger partial charge in [-0.25, -0.2) is 9.97 Å². The Kier molecular flexibility index (Phi) is 20.4. The van der Waals surface area contributed by atoms with Crippen molar-refractivity contribution in [1.29, 1.82) is 0 Å². The van der Waals surface area contributed by atoms with Gasteiger partial charge in [-0.15, -0.1) is 0 Å². The van der Waals surface area contributed by atoms with E-state index in [0.717, 1.165) is 118 Å². The molecule has 0 saturated carbocycles. The fourth-order valence-corrected chi connectivity index (χ4v) is 9.70. The molecule has 5 amide bonds. The molecule has 0 aliphatic carbocycles. The first-order chi connectivity index (χ1) is 37.1. The summed E-state index contributed by atoms with van der Waals surface area (Å²) in [4.78, 5) is 84.4. The molecule has 5 aromatic rings. The molecule has 1 unspecified atom stereocenters. The topological polar surface area (TPSA) is 200 Å². The summed E-state index contributed by atoms with van der Waals surface area (Å²) >= 11 is 0. The summed E-state index contributed by atoms with van der Waals surface area (Å²) in [7, 11) is 0. The van der Waals surface area contributed by atoms with Crippen molar-refractivity contribution in [3.63, 3.8) is 0 Å². The second kappa shape index (κ2) is 28.1. The van der Waals surface area contributed by atoms with E-state index in [-0.39, 0.29) is 35.0 Å². The van der Waals surface area contributed by atoms with Crippen molar-refractivity contribution in [1.82, 2.24) is 35.0 Å². The van der Waals surface area contributed by atoms with E-state index in [0.29, 0.717) is 55.4 Å². The lowest BCUT2D eigenvalue weighted by Crippen LogP contribution is -2.51. The van der Waals surface area contributed by atoms with E-state index in [1.54, 1.807) is 36.8 Å². The number of anilines is 4. The van der Waals surface area contributed by atoms with E-state index in [9.17, 15) is 24.0 Å². The number of unbranched alkanes of at least 4 members (excludes halogenated alkanes) is 7. The van der Waals surface area contributed by atoms with Crippen LogP contribution in [0.2, 0.25) is 0 Å². The van der Waals surface area contributed by atoms with Crippen LogP contribution in [0.1, 0.15) is 126 Å². The first-order valence-electron chi connectivity index (χ1n) is 27.0. The summed E-state index contributed by atoms with van der Waals surface area (Å²) in [5.41, 5.74) is 7.14. The average molecular weight is 1030 g/mol. The minimum atomic E-state index is -0.905. The number of piperidine rings is 1. The lowest BCUT2D eigenvalue weighted by atomic mass is 10.0. The Morgan fingerprint density at radius 2 is 1.45 bits per heavy atom. The van der Waals surface area contributed by atoms with Gasteiger partial charge in [0.1, 0.15) is 6.04 Å². The Bertz CT molecular complexity index is 2780. The number of allylic oxidation sites excluding steroid dienone is 1. The van der Waals surface area contributed by atoms with Crippen LogP contribution >= 0.6 is 0 Å².